The van der Waals surface area contributed by atoms with Crippen LogP contribution in [0.2, 0.25) is 0 Å². The van der Waals surface area contributed by atoms with Gasteiger partial charge in [0.15, 0.2) is 5.76 Å². The molecule has 5 nitrogen and oxygen atoms in total. The third-order valence-corrected chi connectivity index (χ3v) is 4.61. The molecule has 0 saturated heterocycles. The molecular formula is C18H20N2O3. The van der Waals surface area contributed by atoms with Crippen LogP contribution in [0, 0.1) is 20.8 Å². The summed E-state index contributed by atoms with van der Waals surface area (Å²) in [6.45, 7) is 7.87. The van der Waals surface area contributed by atoms with Crippen LogP contribution in [-0.2, 0) is 0 Å². The van der Waals surface area contributed by atoms with Gasteiger partial charge in [-0.2, -0.15) is 0 Å². The highest BCUT2D eigenvalue weighted by atomic mass is 16.5. The smallest absolute Gasteiger partial charge is 0.290 e. The van der Waals surface area contributed by atoms with Crippen LogP contribution >= 0.6 is 0 Å². The van der Waals surface area contributed by atoms with Gasteiger partial charge in [-0.3, -0.25) is 4.79 Å². The van der Waals surface area contributed by atoms with E-state index < -0.39 is 0 Å². The summed E-state index contributed by atoms with van der Waals surface area (Å²) in [4.78, 5) is 14.5. The second-order valence-corrected chi connectivity index (χ2v) is 5.96. The molecule has 0 spiro atoms. The molecule has 0 radical (unpaired) electrons. The van der Waals surface area contributed by atoms with Gasteiger partial charge in [0, 0.05) is 24.1 Å². The number of aryl methyl sites for hydroxylation is 3. The lowest BCUT2D eigenvalue weighted by Crippen LogP contribution is -2.30. The first-order valence-electron chi connectivity index (χ1n) is 7.58. The van der Waals surface area contributed by atoms with E-state index in [0.29, 0.717) is 11.5 Å². The van der Waals surface area contributed by atoms with E-state index >= 15 is 0 Å². The van der Waals surface area contributed by atoms with Gasteiger partial charge in [0.25, 0.3) is 5.91 Å². The Kier molecular flexibility index (Phi) is 3.72. The van der Waals surface area contributed by atoms with Crippen molar-refractivity contribution in [1.82, 2.24) is 10.1 Å². The maximum absolute atomic E-state index is 12.8. The van der Waals surface area contributed by atoms with E-state index in [9.17, 15) is 4.79 Å². The van der Waals surface area contributed by atoms with E-state index in [2.05, 4.69) is 11.2 Å². The predicted molar refractivity (Wildman–Crippen MR) is 87.4 cm³/mol. The molecule has 0 aliphatic heterocycles. The molecule has 1 atom stereocenters. The molecule has 1 aromatic carbocycles. The van der Waals surface area contributed by atoms with Crippen molar-refractivity contribution in [2.75, 3.05) is 7.05 Å². The van der Waals surface area contributed by atoms with Crippen molar-refractivity contribution in [3.8, 4) is 0 Å². The second kappa shape index (κ2) is 5.57. The number of benzene rings is 1. The fourth-order valence-corrected chi connectivity index (χ4v) is 2.69. The van der Waals surface area contributed by atoms with E-state index in [-0.39, 0.29) is 11.9 Å². The number of amides is 1. The van der Waals surface area contributed by atoms with Crippen molar-refractivity contribution >= 4 is 16.9 Å². The zero-order valence-electron chi connectivity index (χ0n) is 14.0. The largest absolute Gasteiger partial charge is 0.450 e. The molecule has 2 heterocycles. The Hall–Kier alpha value is -2.56. The summed E-state index contributed by atoms with van der Waals surface area (Å²) in [5, 5.41) is 4.89. The highest BCUT2D eigenvalue weighted by molar-refractivity contribution is 5.99. The van der Waals surface area contributed by atoms with Gasteiger partial charge in [0.1, 0.15) is 17.5 Å². The predicted octanol–water partition coefficient (Wildman–Crippen LogP) is 4.18. The molecule has 0 saturated carbocycles. The van der Waals surface area contributed by atoms with E-state index in [1.165, 1.54) is 6.26 Å². The lowest BCUT2D eigenvalue weighted by Gasteiger charge is -2.22. The SMILES string of the molecule is Cc1ccc2c(C)c(C(=O)N(C)C(C)c3ccon3)oc2c1C. The van der Waals surface area contributed by atoms with Crippen LogP contribution in [0.4, 0.5) is 0 Å². The van der Waals surface area contributed by atoms with E-state index in [1.54, 1.807) is 18.0 Å². The number of furan rings is 1. The van der Waals surface area contributed by atoms with Crippen molar-refractivity contribution < 1.29 is 13.7 Å². The second-order valence-electron chi connectivity index (χ2n) is 5.96. The van der Waals surface area contributed by atoms with Gasteiger partial charge in [0.05, 0.1) is 6.04 Å². The van der Waals surface area contributed by atoms with Crippen molar-refractivity contribution in [2.24, 2.45) is 0 Å². The third kappa shape index (κ3) is 2.42. The number of nitrogens with zero attached hydrogens (tertiary/aromatic N) is 2. The number of carbonyl (C=O) groups excluding carboxylic acids is 1. The molecule has 0 N–H and O–H groups in total. The Morgan fingerprint density at radius 3 is 2.57 bits per heavy atom. The fourth-order valence-electron chi connectivity index (χ4n) is 2.69. The summed E-state index contributed by atoms with van der Waals surface area (Å²) >= 11 is 0. The Morgan fingerprint density at radius 2 is 1.91 bits per heavy atom. The minimum absolute atomic E-state index is 0.161. The maximum atomic E-state index is 12.8. The zero-order valence-corrected chi connectivity index (χ0v) is 14.0. The van der Waals surface area contributed by atoms with Gasteiger partial charge >= 0.3 is 0 Å². The molecule has 0 aliphatic rings. The number of aromatic nitrogens is 1. The molecule has 5 heteroatoms. The van der Waals surface area contributed by atoms with Gasteiger partial charge in [-0.05, 0) is 38.8 Å². The number of hydrogen-bond acceptors (Lipinski definition) is 4. The Bertz CT molecular complexity index is 862. The van der Waals surface area contributed by atoms with Gasteiger partial charge in [0.2, 0.25) is 0 Å². The highest BCUT2D eigenvalue weighted by Gasteiger charge is 2.26. The Labute approximate surface area is 134 Å². The number of fused-ring (bicyclic) bond motifs is 1. The first-order chi connectivity index (χ1) is 10.9. The minimum Gasteiger partial charge on any atom is -0.450 e. The minimum atomic E-state index is -0.198. The molecule has 0 bridgehead atoms. The van der Waals surface area contributed by atoms with Crippen LogP contribution in [0.5, 0.6) is 0 Å². The number of rotatable bonds is 3. The van der Waals surface area contributed by atoms with Crippen LogP contribution < -0.4 is 0 Å². The highest BCUT2D eigenvalue weighted by Crippen LogP contribution is 2.31. The van der Waals surface area contributed by atoms with Crippen LogP contribution in [0.15, 0.2) is 33.4 Å². The summed E-state index contributed by atoms with van der Waals surface area (Å²) in [6, 6.07) is 5.62. The average molecular weight is 312 g/mol. The van der Waals surface area contributed by atoms with E-state index in [0.717, 1.165) is 27.7 Å². The molecule has 2 aromatic heterocycles. The van der Waals surface area contributed by atoms with E-state index in [1.807, 2.05) is 33.8 Å². The maximum Gasteiger partial charge on any atom is 0.290 e. The molecule has 0 fully saturated rings. The van der Waals surface area contributed by atoms with Crippen LogP contribution in [0.25, 0.3) is 11.0 Å². The number of carbonyl (C=O) groups is 1. The van der Waals surface area contributed by atoms with Crippen molar-refractivity contribution in [1.29, 1.82) is 0 Å². The lowest BCUT2D eigenvalue weighted by molar-refractivity contribution is 0.0706. The van der Waals surface area contributed by atoms with Gasteiger partial charge < -0.3 is 13.8 Å². The van der Waals surface area contributed by atoms with Crippen molar-refractivity contribution in [2.45, 2.75) is 33.7 Å². The van der Waals surface area contributed by atoms with Gasteiger partial charge in [-0.25, -0.2) is 0 Å². The Morgan fingerprint density at radius 1 is 1.17 bits per heavy atom. The Balaban J connectivity index is 2.01. The van der Waals surface area contributed by atoms with E-state index in [4.69, 9.17) is 8.94 Å². The summed E-state index contributed by atoms with van der Waals surface area (Å²) in [5.41, 5.74) is 4.58. The number of hydrogen-bond donors (Lipinski definition) is 0. The van der Waals surface area contributed by atoms with Crippen molar-refractivity contribution in [3.63, 3.8) is 0 Å². The topological polar surface area (TPSA) is 59.5 Å². The molecular weight excluding hydrogens is 292 g/mol. The molecule has 1 unspecified atom stereocenters. The molecule has 23 heavy (non-hydrogen) atoms. The fraction of sp³-hybridized carbons (Fsp3) is 0.333. The monoisotopic (exact) mass is 312 g/mol. The molecule has 1 amide bonds. The third-order valence-electron chi connectivity index (χ3n) is 4.61. The normalized spacial score (nSPS) is 12.6. The summed E-state index contributed by atoms with van der Waals surface area (Å²) < 4.78 is 10.8. The molecule has 3 aromatic rings. The zero-order chi connectivity index (χ0) is 16.7. The summed E-state index contributed by atoms with van der Waals surface area (Å²) in [7, 11) is 1.74. The standard InChI is InChI=1S/C18H20N2O3/c1-10-6-7-14-12(3)17(23-16(14)11(10)2)18(21)20(5)13(4)15-8-9-22-19-15/h6-9,13H,1-5H3. The molecule has 3 rings (SSSR count). The molecule has 120 valence electrons. The van der Waals surface area contributed by atoms with Crippen LogP contribution in [-0.4, -0.2) is 23.0 Å². The molecule has 0 aliphatic carbocycles. The van der Waals surface area contributed by atoms with Crippen molar-refractivity contribution in [3.05, 3.63) is 52.6 Å². The van der Waals surface area contributed by atoms with Gasteiger partial charge in [-0.1, -0.05) is 17.3 Å². The first kappa shape index (κ1) is 15.3. The quantitative estimate of drug-likeness (QED) is 0.728. The van der Waals surface area contributed by atoms with Crippen LogP contribution in [0.1, 0.15) is 45.9 Å². The first-order valence-corrected chi connectivity index (χ1v) is 7.58. The van der Waals surface area contributed by atoms with Gasteiger partial charge in [-0.15, -0.1) is 0 Å². The average Bonchev–Trinajstić information content (AvgIpc) is 3.18. The lowest BCUT2D eigenvalue weighted by atomic mass is 10.0. The van der Waals surface area contributed by atoms with Crippen LogP contribution in [0.3, 0.4) is 0 Å². The summed E-state index contributed by atoms with van der Waals surface area (Å²) in [6.07, 6.45) is 1.50. The summed E-state index contributed by atoms with van der Waals surface area (Å²) in [5.74, 6) is 0.220.